The first-order chi connectivity index (χ1) is 12.6. The summed E-state index contributed by atoms with van der Waals surface area (Å²) in [5, 5.41) is 22.3. The van der Waals surface area contributed by atoms with Gasteiger partial charge in [0.25, 0.3) is 0 Å². The molecule has 26 heavy (non-hydrogen) atoms. The fraction of sp³-hybridized carbons (Fsp3) is 0.158. The fourth-order valence-corrected chi connectivity index (χ4v) is 2.76. The molecule has 0 bridgehead atoms. The van der Waals surface area contributed by atoms with Gasteiger partial charge in [-0.3, -0.25) is 0 Å². The van der Waals surface area contributed by atoms with E-state index in [0.717, 1.165) is 16.9 Å². The van der Waals surface area contributed by atoms with E-state index in [0.29, 0.717) is 23.2 Å². The lowest BCUT2D eigenvalue weighted by molar-refractivity contribution is 0.299. The molecule has 7 heteroatoms. The average Bonchev–Trinajstić information content (AvgIpc) is 2.63. The maximum atomic E-state index is 9.67. The Labute approximate surface area is 156 Å². The Morgan fingerprint density at radius 3 is 2.73 bits per heavy atom. The number of aromatic nitrogens is 2. The molecular weight excluding hydrogens is 352 g/mol. The molecule has 3 N–H and O–H groups in total. The highest BCUT2D eigenvalue weighted by Crippen LogP contribution is 2.31. The molecule has 0 saturated carbocycles. The van der Waals surface area contributed by atoms with Crippen molar-refractivity contribution < 1.29 is 10.2 Å². The summed E-state index contributed by atoms with van der Waals surface area (Å²) >= 11 is 6.27. The molecule has 0 spiro atoms. The summed E-state index contributed by atoms with van der Waals surface area (Å²) in [6.07, 6.45) is 2.12. The molecule has 0 aliphatic rings. The van der Waals surface area contributed by atoms with Crippen LogP contribution in [0.1, 0.15) is 5.56 Å². The minimum atomic E-state index is 0.0970. The van der Waals surface area contributed by atoms with Crippen molar-refractivity contribution in [3.05, 3.63) is 65.3 Å². The van der Waals surface area contributed by atoms with Gasteiger partial charge in [0.15, 0.2) is 5.82 Å². The lowest BCUT2D eigenvalue weighted by Gasteiger charge is -2.20. The molecule has 1 heterocycles. The third-order valence-corrected chi connectivity index (χ3v) is 4.11. The van der Waals surface area contributed by atoms with Gasteiger partial charge in [-0.25, -0.2) is 4.98 Å². The molecule has 3 aromatic rings. The quantitative estimate of drug-likeness (QED) is 0.611. The Balaban J connectivity index is 1.87. The number of nitrogens with zero attached hydrogens (tertiary/aromatic N) is 3. The zero-order valence-electron chi connectivity index (χ0n) is 14.2. The smallest absolute Gasteiger partial charge is 0.229 e. The first-order valence-electron chi connectivity index (χ1n) is 8.09. The van der Waals surface area contributed by atoms with Gasteiger partial charge < -0.3 is 20.4 Å². The second-order valence-electron chi connectivity index (χ2n) is 5.74. The van der Waals surface area contributed by atoms with Crippen LogP contribution in [-0.4, -0.2) is 33.8 Å². The molecule has 0 radical (unpaired) electrons. The minimum Gasteiger partial charge on any atom is -0.508 e. The van der Waals surface area contributed by atoms with E-state index in [2.05, 4.69) is 15.3 Å². The standard InChI is InChI=1S/C19H19ClN4O2/c1-24(15-6-3-7-16(26)11-15)18-17(20)12-21-19(23-18)22-14-5-2-4-13(10-14)8-9-25/h2-7,10-12,25-26H,8-9H2,1H3,(H,21,22,23). The summed E-state index contributed by atoms with van der Waals surface area (Å²) in [7, 11) is 1.81. The maximum absolute atomic E-state index is 9.67. The molecule has 3 rings (SSSR count). The van der Waals surface area contributed by atoms with Crippen LogP contribution in [0.15, 0.2) is 54.7 Å². The molecule has 6 nitrogen and oxygen atoms in total. The van der Waals surface area contributed by atoms with Crippen molar-refractivity contribution in [1.82, 2.24) is 9.97 Å². The van der Waals surface area contributed by atoms with Crippen molar-refractivity contribution >= 4 is 34.7 Å². The SMILES string of the molecule is CN(c1cccc(O)c1)c1nc(Nc2cccc(CCO)c2)ncc1Cl. The largest absolute Gasteiger partial charge is 0.508 e. The molecule has 2 aromatic carbocycles. The predicted octanol–water partition coefficient (Wildman–Crippen LogP) is 3.88. The molecule has 0 aliphatic heterocycles. The Morgan fingerprint density at radius 1 is 1.15 bits per heavy atom. The molecule has 0 atom stereocenters. The summed E-state index contributed by atoms with van der Waals surface area (Å²) in [6, 6.07) is 14.5. The van der Waals surface area contributed by atoms with Gasteiger partial charge in [0, 0.05) is 31.1 Å². The summed E-state index contributed by atoms with van der Waals surface area (Å²) in [4.78, 5) is 10.5. The van der Waals surface area contributed by atoms with Crippen molar-refractivity contribution in [2.24, 2.45) is 0 Å². The van der Waals surface area contributed by atoms with Gasteiger partial charge in [0.2, 0.25) is 5.95 Å². The molecule has 134 valence electrons. The third-order valence-electron chi connectivity index (χ3n) is 3.84. The number of benzene rings is 2. The van der Waals surface area contributed by atoms with E-state index in [1.54, 1.807) is 23.1 Å². The van der Waals surface area contributed by atoms with Gasteiger partial charge >= 0.3 is 0 Å². The van der Waals surface area contributed by atoms with Crippen LogP contribution in [0.5, 0.6) is 5.75 Å². The van der Waals surface area contributed by atoms with Gasteiger partial charge in [0.05, 0.1) is 6.20 Å². The second-order valence-corrected chi connectivity index (χ2v) is 6.15. The number of nitrogens with one attached hydrogen (secondary N) is 1. The number of aliphatic hydroxyl groups excluding tert-OH is 1. The van der Waals surface area contributed by atoms with Crippen LogP contribution in [0.2, 0.25) is 5.02 Å². The van der Waals surface area contributed by atoms with E-state index in [1.165, 1.54) is 6.20 Å². The van der Waals surface area contributed by atoms with Crippen molar-refractivity contribution in [2.75, 3.05) is 23.9 Å². The number of anilines is 4. The number of aliphatic hydroxyl groups is 1. The van der Waals surface area contributed by atoms with E-state index in [9.17, 15) is 5.11 Å². The number of rotatable bonds is 6. The normalized spacial score (nSPS) is 10.6. The van der Waals surface area contributed by atoms with Gasteiger partial charge in [-0.1, -0.05) is 29.8 Å². The monoisotopic (exact) mass is 370 g/mol. The molecule has 0 amide bonds. The Kier molecular flexibility index (Phi) is 5.55. The fourth-order valence-electron chi connectivity index (χ4n) is 2.54. The van der Waals surface area contributed by atoms with Gasteiger partial charge in [0.1, 0.15) is 10.8 Å². The van der Waals surface area contributed by atoms with Crippen molar-refractivity contribution in [1.29, 1.82) is 0 Å². The molecular formula is C19H19ClN4O2. The number of phenolic OH excluding ortho intramolecular Hbond substituents is 1. The topological polar surface area (TPSA) is 81.5 Å². The molecule has 0 unspecified atom stereocenters. The molecule has 0 fully saturated rings. The van der Waals surface area contributed by atoms with E-state index in [4.69, 9.17) is 16.7 Å². The van der Waals surface area contributed by atoms with E-state index < -0.39 is 0 Å². The van der Waals surface area contributed by atoms with E-state index >= 15 is 0 Å². The highest BCUT2D eigenvalue weighted by atomic mass is 35.5. The van der Waals surface area contributed by atoms with Crippen LogP contribution in [0.4, 0.5) is 23.1 Å². The summed E-state index contributed by atoms with van der Waals surface area (Å²) in [5.41, 5.74) is 2.59. The van der Waals surface area contributed by atoms with Gasteiger partial charge in [-0.05, 0) is 36.2 Å². The number of aromatic hydroxyl groups is 1. The molecule has 0 saturated heterocycles. The van der Waals surface area contributed by atoms with Gasteiger partial charge in [-0.15, -0.1) is 0 Å². The maximum Gasteiger partial charge on any atom is 0.229 e. The average molecular weight is 371 g/mol. The number of phenols is 1. The van der Waals surface area contributed by atoms with Crippen LogP contribution in [0.3, 0.4) is 0 Å². The van der Waals surface area contributed by atoms with Gasteiger partial charge in [-0.2, -0.15) is 4.98 Å². The number of hydrogen-bond donors (Lipinski definition) is 3. The van der Waals surface area contributed by atoms with Crippen LogP contribution >= 0.6 is 11.6 Å². The number of hydrogen-bond acceptors (Lipinski definition) is 6. The molecule has 0 aliphatic carbocycles. The number of halogens is 1. The van der Waals surface area contributed by atoms with E-state index in [1.807, 2.05) is 37.4 Å². The minimum absolute atomic E-state index is 0.0970. The first-order valence-corrected chi connectivity index (χ1v) is 8.47. The summed E-state index contributed by atoms with van der Waals surface area (Å²) in [6.45, 7) is 0.0970. The van der Waals surface area contributed by atoms with Crippen LogP contribution in [0.25, 0.3) is 0 Å². The highest BCUT2D eigenvalue weighted by molar-refractivity contribution is 6.33. The Morgan fingerprint density at radius 2 is 1.96 bits per heavy atom. The van der Waals surface area contributed by atoms with Crippen molar-refractivity contribution in [3.63, 3.8) is 0 Å². The molecule has 1 aromatic heterocycles. The first kappa shape index (κ1) is 18.0. The third kappa shape index (κ3) is 4.22. The van der Waals surface area contributed by atoms with Crippen molar-refractivity contribution in [2.45, 2.75) is 6.42 Å². The van der Waals surface area contributed by atoms with E-state index in [-0.39, 0.29) is 12.4 Å². The zero-order valence-corrected chi connectivity index (χ0v) is 15.0. The predicted molar refractivity (Wildman–Crippen MR) is 104 cm³/mol. The highest BCUT2D eigenvalue weighted by Gasteiger charge is 2.13. The van der Waals surface area contributed by atoms with Crippen LogP contribution in [-0.2, 0) is 6.42 Å². The van der Waals surface area contributed by atoms with Crippen LogP contribution in [0, 0.1) is 0 Å². The summed E-state index contributed by atoms with van der Waals surface area (Å²) < 4.78 is 0. The van der Waals surface area contributed by atoms with Crippen molar-refractivity contribution in [3.8, 4) is 5.75 Å². The van der Waals surface area contributed by atoms with Crippen LogP contribution < -0.4 is 10.2 Å². The Hall–Kier alpha value is -2.83. The lowest BCUT2D eigenvalue weighted by Crippen LogP contribution is -2.13. The second kappa shape index (κ2) is 8.03. The zero-order chi connectivity index (χ0) is 18.5. The Bertz CT molecular complexity index is 904. The lowest BCUT2D eigenvalue weighted by atomic mass is 10.1. The summed E-state index contributed by atoms with van der Waals surface area (Å²) in [5.74, 6) is 1.08.